The average molecular weight is 296 g/mol. The Kier molecular flexibility index (Phi) is 6.01. The summed E-state index contributed by atoms with van der Waals surface area (Å²) in [5.74, 6) is -0.357. The lowest BCUT2D eigenvalue weighted by Crippen LogP contribution is -2.42. The molecule has 6 heteroatoms. The molecular weight excluding hydrogens is 272 g/mol. The summed E-state index contributed by atoms with van der Waals surface area (Å²) in [6.45, 7) is 8.07. The minimum absolute atomic E-state index is 0.0824. The van der Waals surface area contributed by atoms with Crippen LogP contribution in [0.2, 0.25) is 0 Å². The highest BCUT2D eigenvalue weighted by molar-refractivity contribution is 5.71. The van der Waals surface area contributed by atoms with Gasteiger partial charge in [0.25, 0.3) is 0 Å². The number of nitrogens with zero attached hydrogens (tertiary/aromatic N) is 2. The largest absolute Gasteiger partial charge is 0.462 e. The van der Waals surface area contributed by atoms with Crippen LogP contribution in [0, 0.1) is 16.7 Å². The van der Waals surface area contributed by atoms with E-state index in [1.165, 1.54) is 0 Å². The van der Waals surface area contributed by atoms with Crippen molar-refractivity contribution in [1.29, 1.82) is 5.26 Å². The van der Waals surface area contributed by atoms with Gasteiger partial charge in [-0.3, -0.25) is 4.79 Å². The molecule has 118 valence electrons. The summed E-state index contributed by atoms with van der Waals surface area (Å²) >= 11 is 0. The summed E-state index contributed by atoms with van der Waals surface area (Å²) in [4.78, 5) is 25.1. The molecular formula is C15H24N2O4. The predicted octanol–water partition coefficient (Wildman–Crippen LogP) is 2.48. The molecule has 0 radical (unpaired) electrons. The van der Waals surface area contributed by atoms with Crippen molar-refractivity contribution in [3.63, 3.8) is 0 Å². The number of amides is 1. The van der Waals surface area contributed by atoms with Crippen molar-refractivity contribution >= 4 is 12.1 Å². The van der Waals surface area contributed by atoms with Crippen LogP contribution in [0.4, 0.5) is 4.79 Å². The molecule has 0 unspecified atom stereocenters. The summed E-state index contributed by atoms with van der Waals surface area (Å²) in [6, 6.07) is 2.08. The lowest BCUT2D eigenvalue weighted by molar-refractivity contribution is -0.152. The highest BCUT2D eigenvalue weighted by atomic mass is 16.6. The van der Waals surface area contributed by atoms with Gasteiger partial charge in [0.2, 0.25) is 0 Å². The van der Waals surface area contributed by atoms with Crippen LogP contribution in [-0.2, 0) is 14.3 Å². The molecule has 0 aromatic carbocycles. The number of nitriles is 1. The van der Waals surface area contributed by atoms with Crippen molar-refractivity contribution in [2.75, 3.05) is 13.1 Å². The fourth-order valence-electron chi connectivity index (χ4n) is 2.06. The SMILES string of the molecule is CC(C)OC(=O)N1CCC(OC(=O)CC(C)(C)C#N)CC1. The van der Waals surface area contributed by atoms with Gasteiger partial charge in [-0.05, 0) is 27.7 Å². The third kappa shape index (κ3) is 6.03. The molecule has 0 bridgehead atoms. The van der Waals surface area contributed by atoms with E-state index in [0.29, 0.717) is 25.9 Å². The van der Waals surface area contributed by atoms with Crippen molar-refractivity contribution < 1.29 is 19.1 Å². The smallest absolute Gasteiger partial charge is 0.410 e. The molecule has 1 fully saturated rings. The number of esters is 1. The van der Waals surface area contributed by atoms with Gasteiger partial charge in [-0.15, -0.1) is 0 Å². The average Bonchev–Trinajstić information content (AvgIpc) is 2.38. The molecule has 1 rings (SSSR count). The minimum atomic E-state index is -0.709. The number of carbonyl (C=O) groups is 2. The standard InChI is InChI=1S/C15H24N2O4/c1-11(2)20-14(19)17-7-5-12(6-8-17)21-13(18)9-15(3,4)10-16/h11-12H,5-9H2,1-4H3. The highest BCUT2D eigenvalue weighted by Gasteiger charge is 2.28. The lowest BCUT2D eigenvalue weighted by atomic mass is 9.91. The van der Waals surface area contributed by atoms with Gasteiger partial charge in [-0.1, -0.05) is 0 Å². The van der Waals surface area contributed by atoms with Gasteiger partial charge in [0.1, 0.15) is 6.10 Å². The van der Waals surface area contributed by atoms with Crippen molar-refractivity contribution in [2.45, 2.75) is 59.2 Å². The molecule has 0 N–H and O–H groups in total. The van der Waals surface area contributed by atoms with Crippen molar-refractivity contribution in [1.82, 2.24) is 4.90 Å². The molecule has 1 heterocycles. The van der Waals surface area contributed by atoms with Crippen LogP contribution in [0.1, 0.15) is 47.0 Å². The van der Waals surface area contributed by atoms with Crippen molar-refractivity contribution in [3.8, 4) is 6.07 Å². The maximum Gasteiger partial charge on any atom is 0.410 e. The predicted molar refractivity (Wildman–Crippen MR) is 76.3 cm³/mol. The maximum absolute atomic E-state index is 11.8. The topological polar surface area (TPSA) is 79.6 Å². The number of hydrogen-bond donors (Lipinski definition) is 0. The van der Waals surface area contributed by atoms with E-state index in [1.54, 1.807) is 18.7 Å². The molecule has 1 saturated heterocycles. The molecule has 0 aliphatic carbocycles. The number of rotatable bonds is 4. The molecule has 21 heavy (non-hydrogen) atoms. The van der Waals surface area contributed by atoms with Gasteiger partial charge in [0.05, 0.1) is 24.0 Å². The molecule has 1 aliphatic heterocycles. The van der Waals surface area contributed by atoms with Gasteiger partial charge in [-0.2, -0.15) is 5.26 Å². The van der Waals surface area contributed by atoms with E-state index in [9.17, 15) is 9.59 Å². The normalized spacial score (nSPS) is 16.5. The van der Waals surface area contributed by atoms with Crippen LogP contribution in [0.3, 0.4) is 0 Å². The first-order valence-electron chi connectivity index (χ1n) is 7.30. The molecule has 0 aromatic rings. The van der Waals surface area contributed by atoms with Crippen LogP contribution in [0.15, 0.2) is 0 Å². The summed E-state index contributed by atoms with van der Waals surface area (Å²) in [7, 11) is 0. The fraction of sp³-hybridized carbons (Fsp3) is 0.800. The Bertz CT molecular complexity index is 418. The zero-order chi connectivity index (χ0) is 16.0. The summed E-state index contributed by atoms with van der Waals surface area (Å²) in [5, 5.41) is 8.90. The first kappa shape index (κ1) is 17.3. The monoisotopic (exact) mass is 296 g/mol. The third-order valence-electron chi connectivity index (χ3n) is 3.22. The van der Waals surface area contributed by atoms with Gasteiger partial charge >= 0.3 is 12.1 Å². The fourth-order valence-corrected chi connectivity index (χ4v) is 2.06. The Morgan fingerprint density at radius 2 is 1.90 bits per heavy atom. The summed E-state index contributed by atoms with van der Waals surface area (Å²) in [6.07, 6.45) is 0.647. The first-order chi connectivity index (χ1) is 9.73. The second-order valence-corrected chi connectivity index (χ2v) is 6.28. The number of carbonyl (C=O) groups excluding carboxylic acids is 2. The zero-order valence-electron chi connectivity index (χ0n) is 13.2. The van der Waals surface area contributed by atoms with E-state index in [4.69, 9.17) is 14.7 Å². The maximum atomic E-state index is 11.8. The molecule has 1 aliphatic rings. The van der Waals surface area contributed by atoms with Crippen LogP contribution >= 0.6 is 0 Å². The Hall–Kier alpha value is -1.77. The Labute approximate surface area is 126 Å². The summed E-state index contributed by atoms with van der Waals surface area (Å²) in [5.41, 5.74) is -0.709. The van der Waals surface area contributed by atoms with Crippen LogP contribution in [0.5, 0.6) is 0 Å². The molecule has 0 saturated carbocycles. The number of hydrogen-bond acceptors (Lipinski definition) is 5. The molecule has 6 nitrogen and oxygen atoms in total. The lowest BCUT2D eigenvalue weighted by Gasteiger charge is -2.31. The highest BCUT2D eigenvalue weighted by Crippen LogP contribution is 2.21. The third-order valence-corrected chi connectivity index (χ3v) is 3.22. The zero-order valence-corrected chi connectivity index (χ0v) is 13.2. The van der Waals surface area contributed by atoms with Gasteiger partial charge in [0, 0.05) is 25.9 Å². The number of likely N-dealkylation sites (tertiary alicyclic amines) is 1. The van der Waals surface area contributed by atoms with E-state index in [1.807, 2.05) is 13.8 Å². The van der Waals surface area contributed by atoms with E-state index in [0.717, 1.165) is 0 Å². The molecule has 1 amide bonds. The van der Waals surface area contributed by atoms with Crippen molar-refractivity contribution in [3.05, 3.63) is 0 Å². The van der Waals surface area contributed by atoms with Gasteiger partial charge < -0.3 is 14.4 Å². The minimum Gasteiger partial charge on any atom is -0.462 e. The first-order valence-corrected chi connectivity index (χ1v) is 7.30. The second-order valence-electron chi connectivity index (χ2n) is 6.28. The van der Waals surface area contributed by atoms with Crippen LogP contribution in [0.25, 0.3) is 0 Å². The molecule has 0 spiro atoms. The number of ether oxygens (including phenoxy) is 2. The molecule has 0 atom stereocenters. The quantitative estimate of drug-likeness (QED) is 0.745. The van der Waals surface area contributed by atoms with E-state index >= 15 is 0 Å². The van der Waals surface area contributed by atoms with E-state index in [2.05, 4.69) is 6.07 Å². The van der Waals surface area contributed by atoms with E-state index in [-0.39, 0.29) is 30.7 Å². The van der Waals surface area contributed by atoms with E-state index < -0.39 is 5.41 Å². The Morgan fingerprint density at radius 3 is 2.38 bits per heavy atom. The van der Waals surface area contributed by atoms with Crippen LogP contribution < -0.4 is 0 Å². The van der Waals surface area contributed by atoms with Gasteiger partial charge in [-0.25, -0.2) is 4.79 Å². The van der Waals surface area contributed by atoms with Crippen LogP contribution in [-0.4, -0.2) is 42.3 Å². The Morgan fingerprint density at radius 1 is 1.33 bits per heavy atom. The second kappa shape index (κ2) is 7.30. The molecule has 0 aromatic heterocycles. The number of piperidine rings is 1. The van der Waals surface area contributed by atoms with Crippen molar-refractivity contribution in [2.24, 2.45) is 5.41 Å². The summed E-state index contributed by atoms with van der Waals surface area (Å²) < 4.78 is 10.5. The van der Waals surface area contributed by atoms with Gasteiger partial charge in [0.15, 0.2) is 0 Å². The Balaban J connectivity index is 2.35.